The van der Waals surface area contributed by atoms with Gasteiger partial charge in [-0.15, -0.1) is 0 Å². The number of rotatable bonds is 3. The molecule has 1 N–H and O–H groups in total. The molecule has 0 amide bonds. The van der Waals surface area contributed by atoms with E-state index in [1.807, 2.05) is 13.2 Å². The Morgan fingerprint density at radius 1 is 1.44 bits per heavy atom. The predicted octanol–water partition coefficient (Wildman–Crippen LogP) is 1.06. The molecule has 0 saturated carbocycles. The second-order valence-corrected chi connectivity index (χ2v) is 4.09. The molecule has 6 nitrogen and oxygen atoms in total. The molecule has 2 aromatic rings. The number of hydrogen-bond acceptors (Lipinski definition) is 5. The van der Waals surface area contributed by atoms with Crippen LogP contribution in [0, 0.1) is 0 Å². The van der Waals surface area contributed by atoms with Crippen LogP contribution in [0.4, 0.5) is 0 Å². The normalized spacial score (nSPS) is 10.3. The summed E-state index contributed by atoms with van der Waals surface area (Å²) in [6, 6.07) is 0. The number of carbonyl (C=O) groups is 1. The van der Waals surface area contributed by atoms with Crippen LogP contribution in [0.5, 0.6) is 0 Å². The maximum Gasteiger partial charge on any atom is 0.356 e. The largest absolute Gasteiger partial charge is 0.476 e. The van der Waals surface area contributed by atoms with E-state index in [9.17, 15) is 4.79 Å². The molecule has 2 heterocycles. The van der Waals surface area contributed by atoms with Gasteiger partial charge in [-0.1, -0.05) is 11.8 Å². The van der Waals surface area contributed by atoms with E-state index in [4.69, 9.17) is 5.11 Å². The van der Waals surface area contributed by atoms with Crippen LogP contribution in [0.3, 0.4) is 0 Å². The second kappa shape index (κ2) is 4.31. The quantitative estimate of drug-likeness (QED) is 0.858. The van der Waals surface area contributed by atoms with Gasteiger partial charge in [-0.25, -0.2) is 9.78 Å². The summed E-state index contributed by atoms with van der Waals surface area (Å²) in [6.07, 6.45) is 6.24. The maximum atomic E-state index is 10.7. The van der Waals surface area contributed by atoms with Gasteiger partial charge in [0.15, 0.2) is 5.69 Å². The fraction of sp³-hybridized carbons (Fsp3) is 0.111. The van der Waals surface area contributed by atoms with Crippen LogP contribution >= 0.6 is 11.8 Å². The summed E-state index contributed by atoms with van der Waals surface area (Å²) in [4.78, 5) is 19.3. The Morgan fingerprint density at radius 3 is 2.88 bits per heavy atom. The number of carboxylic acids is 1. The van der Waals surface area contributed by atoms with Gasteiger partial charge in [0.1, 0.15) is 5.03 Å². The van der Waals surface area contributed by atoms with Crippen molar-refractivity contribution >= 4 is 17.7 Å². The van der Waals surface area contributed by atoms with Crippen molar-refractivity contribution < 1.29 is 9.90 Å². The van der Waals surface area contributed by atoms with Gasteiger partial charge in [0.25, 0.3) is 0 Å². The van der Waals surface area contributed by atoms with Gasteiger partial charge in [-0.05, 0) is 0 Å². The molecular formula is C9H8N4O2S. The number of hydrogen-bond donors (Lipinski definition) is 1. The molecule has 0 fully saturated rings. The third-order valence-corrected chi connectivity index (χ3v) is 2.59. The summed E-state index contributed by atoms with van der Waals surface area (Å²) in [6.45, 7) is 0. The van der Waals surface area contributed by atoms with Crippen LogP contribution in [0.2, 0.25) is 0 Å². The maximum absolute atomic E-state index is 10.7. The second-order valence-electron chi connectivity index (χ2n) is 3.00. The third kappa shape index (κ3) is 2.37. The fourth-order valence-electron chi connectivity index (χ4n) is 1.07. The lowest BCUT2D eigenvalue weighted by atomic mass is 10.5. The first-order valence-corrected chi connectivity index (χ1v) is 5.18. The van der Waals surface area contributed by atoms with Crippen molar-refractivity contribution in [3.63, 3.8) is 0 Å². The van der Waals surface area contributed by atoms with Crippen molar-refractivity contribution in [2.24, 2.45) is 7.05 Å². The lowest BCUT2D eigenvalue weighted by molar-refractivity contribution is 0.0689. The van der Waals surface area contributed by atoms with Gasteiger partial charge < -0.3 is 5.11 Å². The van der Waals surface area contributed by atoms with E-state index < -0.39 is 5.97 Å². The number of nitrogens with zero attached hydrogens (tertiary/aromatic N) is 4. The van der Waals surface area contributed by atoms with E-state index >= 15 is 0 Å². The molecule has 2 aromatic heterocycles. The molecule has 0 radical (unpaired) electrons. The summed E-state index contributed by atoms with van der Waals surface area (Å²) in [5.74, 6) is -1.08. The first kappa shape index (κ1) is 10.6. The average Bonchev–Trinajstić information content (AvgIpc) is 2.64. The molecule has 0 aromatic carbocycles. The zero-order chi connectivity index (χ0) is 11.5. The molecular weight excluding hydrogens is 228 g/mol. The van der Waals surface area contributed by atoms with Crippen LogP contribution in [-0.4, -0.2) is 30.8 Å². The van der Waals surface area contributed by atoms with Crippen LogP contribution in [-0.2, 0) is 7.05 Å². The molecule has 82 valence electrons. The Balaban J connectivity index is 2.21. The Labute approximate surface area is 95.3 Å². The highest BCUT2D eigenvalue weighted by Gasteiger charge is 2.07. The highest BCUT2D eigenvalue weighted by atomic mass is 32.2. The lowest BCUT2D eigenvalue weighted by Crippen LogP contribution is -2.01. The smallest absolute Gasteiger partial charge is 0.356 e. The molecule has 0 bridgehead atoms. The third-order valence-electron chi connectivity index (χ3n) is 1.74. The Kier molecular flexibility index (Phi) is 2.86. The topological polar surface area (TPSA) is 80.9 Å². The van der Waals surface area contributed by atoms with Gasteiger partial charge in [0, 0.05) is 13.2 Å². The van der Waals surface area contributed by atoms with Crippen molar-refractivity contribution in [1.29, 1.82) is 0 Å². The minimum atomic E-state index is -1.08. The summed E-state index contributed by atoms with van der Waals surface area (Å²) in [5.41, 5.74) is -0.0612. The highest BCUT2D eigenvalue weighted by molar-refractivity contribution is 7.99. The van der Waals surface area contributed by atoms with E-state index in [2.05, 4.69) is 15.1 Å². The Hall–Kier alpha value is -1.89. The van der Waals surface area contributed by atoms with Crippen LogP contribution in [0.15, 0.2) is 34.7 Å². The molecule has 0 aliphatic carbocycles. The summed E-state index contributed by atoms with van der Waals surface area (Å²) >= 11 is 1.32. The van der Waals surface area contributed by atoms with Gasteiger partial charge in [0.05, 0.1) is 23.5 Å². The lowest BCUT2D eigenvalue weighted by Gasteiger charge is -1.98. The van der Waals surface area contributed by atoms with E-state index in [-0.39, 0.29) is 5.69 Å². The van der Waals surface area contributed by atoms with Crippen molar-refractivity contribution in [3.05, 3.63) is 30.5 Å². The summed E-state index contributed by atoms with van der Waals surface area (Å²) < 4.78 is 1.66. The molecule has 0 saturated heterocycles. The van der Waals surface area contributed by atoms with Gasteiger partial charge in [-0.3, -0.25) is 9.67 Å². The van der Waals surface area contributed by atoms with Crippen molar-refractivity contribution in [1.82, 2.24) is 19.7 Å². The van der Waals surface area contributed by atoms with Crippen molar-refractivity contribution in [3.8, 4) is 0 Å². The highest BCUT2D eigenvalue weighted by Crippen LogP contribution is 2.24. The van der Waals surface area contributed by atoms with Crippen LogP contribution in [0.25, 0.3) is 0 Å². The van der Waals surface area contributed by atoms with E-state index in [0.29, 0.717) is 5.03 Å². The molecule has 7 heteroatoms. The monoisotopic (exact) mass is 236 g/mol. The van der Waals surface area contributed by atoms with Crippen molar-refractivity contribution in [2.45, 2.75) is 9.92 Å². The number of aromatic nitrogens is 4. The number of carboxylic acid groups (broad SMARTS) is 1. The van der Waals surface area contributed by atoms with E-state index in [0.717, 1.165) is 4.90 Å². The molecule has 0 atom stereocenters. The molecule has 0 aliphatic rings. The Morgan fingerprint density at radius 2 is 2.25 bits per heavy atom. The number of aromatic carboxylic acids is 1. The predicted molar refractivity (Wildman–Crippen MR) is 56.3 cm³/mol. The molecule has 0 aliphatic heterocycles. The van der Waals surface area contributed by atoms with Gasteiger partial charge >= 0.3 is 5.97 Å². The Bertz CT molecular complexity index is 526. The SMILES string of the molecule is Cn1cc(Sc2cncc(C(=O)O)n2)cn1. The standard InChI is InChI=1S/C9H8N4O2S/c1-13-5-6(2-11-13)16-8-4-10-3-7(12-8)9(14)15/h2-5H,1H3,(H,14,15). The minimum absolute atomic E-state index is 0.0612. The summed E-state index contributed by atoms with van der Waals surface area (Å²) in [5, 5.41) is 13.3. The number of aryl methyl sites for hydroxylation is 1. The average molecular weight is 236 g/mol. The zero-order valence-electron chi connectivity index (χ0n) is 8.36. The summed E-state index contributed by atoms with van der Waals surface area (Å²) in [7, 11) is 1.81. The van der Waals surface area contributed by atoms with Crippen LogP contribution < -0.4 is 0 Å². The minimum Gasteiger partial charge on any atom is -0.476 e. The van der Waals surface area contributed by atoms with E-state index in [1.54, 1.807) is 10.9 Å². The molecule has 2 rings (SSSR count). The molecule has 16 heavy (non-hydrogen) atoms. The van der Waals surface area contributed by atoms with E-state index in [1.165, 1.54) is 24.2 Å². The zero-order valence-corrected chi connectivity index (χ0v) is 9.18. The first-order valence-electron chi connectivity index (χ1n) is 4.37. The molecule has 0 unspecified atom stereocenters. The van der Waals surface area contributed by atoms with Gasteiger partial charge in [-0.2, -0.15) is 5.10 Å². The van der Waals surface area contributed by atoms with Crippen LogP contribution in [0.1, 0.15) is 10.5 Å². The van der Waals surface area contributed by atoms with Crippen molar-refractivity contribution in [2.75, 3.05) is 0 Å². The molecule has 0 spiro atoms. The first-order chi connectivity index (χ1) is 7.65. The van der Waals surface area contributed by atoms with Gasteiger partial charge in [0.2, 0.25) is 0 Å². The fourth-order valence-corrected chi connectivity index (χ4v) is 1.88.